The van der Waals surface area contributed by atoms with E-state index in [1.165, 1.54) is 10.9 Å². The van der Waals surface area contributed by atoms with Crippen LogP contribution < -0.4 is 10.3 Å². The maximum atomic E-state index is 12.3. The average molecular weight is 352 g/mol. The lowest BCUT2D eigenvalue weighted by Crippen LogP contribution is -2.35. The third kappa shape index (κ3) is 3.12. The number of hydrogen-bond donors (Lipinski definition) is 2. The Kier molecular flexibility index (Phi) is 4.51. The summed E-state index contributed by atoms with van der Waals surface area (Å²) in [4.78, 5) is 25.6. The Bertz CT molecular complexity index is 989. The van der Waals surface area contributed by atoms with Gasteiger partial charge >= 0.3 is 0 Å². The molecule has 4 rings (SSSR count). The number of nitrogens with one attached hydrogen (secondary N) is 2. The standard InChI is InChI=1S/C20H24N4O2/c1-3-4-19-22-18-12-24(8-7-15(18)20(25)23-19)11-13-10-21-17-6-5-14(26-2)9-16(13)17/h5-6,9-10,21H,3-4,7-8,11-12H2,1-2H3,(H,22,23,25). The summed E-state index contributed by atoms with van der Waals surface area (Å²) in [5.41, 5.74) is 4.16. The van der Waals surface area contributed by atoms with E-state index in [0.29, 0.717) is 6.54 Å². The molecule has 0 atom stereocenters. The highest BCUT2D eigenvalue weighted by Gasteiger charge is 2.21. The molecule has 0 amide bonds. The molecule has 3 aromatic rings. The van der Waals surface area contributed by atoms with Crippen LogP contribution in [-0.4, -0.2) is 33.5 Å². The molecule has 3 heterocycles. The summed E-state index contributed by atoms with van der Waals surface area (Å²) in [5.74, 6) is 1.66. The van der Waals surface area contributed by atoms with Gasteiger partial charge in [-0.2, -0.15) is 0 Å². The van der Waals surface area contributed by atoms with Gasteiger partial charge in [0.1, 0.15) is 11.6 Å². The smallest absolute Gasteiger partial charge is 0.254 e. The number of fused-ring (bicyclic) bond motifs is 2. The Balaban J connectivity index is 1.59. The number of ether oxygens (including phenoxy) is 1. The summed E-state index contributed by atoms with van der Waals surface area (Å²) in [7, 11) is 1.69. The van der Waals surface area contributed by atoms with Crippen molar-refractivity contribution in [2.75, 3.05) is 13.7 Å². The van der Waals surface area contributed by atoms with Crippen molar-refractivity contribution in [3.05, 3.63) is 57.4 Å². The van der Waals surface area contributed by atoms with Gasteiger partial charge in [0.25, 0.3) is 5.56 Å². The summed E-state index contributed by atoms with van der Waals surface area (Å²) in [6.45, 7) is 4.50. The van der Waals surface area contributed by atoms with Crippen molar-refractivity contribution in [1.29, 1.82) is 0 Å². The number of hydrogen-bond acceptors (Lipinski definition) is 4. The number of H-pyrrole nitrogens is 2. The lowest BCUT2D eigenvalue weighted by atomic mass is 10.0. The van der Waals surface area contributed by atoms with Gasteiger partial charge in [0, 0.05) is 48.7 Å². The highest BCUT2D eigenvalue weighted by Crippen LogP contribution is 2.26. The average Bonchev–Trinajstić information content (AvgIpc) is 3.04. The molecule has 6 heteroatoms. The number of benzene rings is 1. The van der Waals surface area contributed by atoms with Gasteiger partial charge < -0.3 is 14.7 Å². The largest absolute Gasteiger partial charge is 0.497 e. The fourth-order valence-corrected chi connectivity index (χ4v) is 3.69. The van der Waals surface area contributed by atoms with Crippen LogP contribution in [0.4, 0.5) is 0 Å². The van der Waals surface area contributed by atoms with Gasteiger partial charge in [-0.1, -0.05) is 6.92 Å². The maximum Gasteiger partial charge on any atom is 0.254 e. The van der Waals surface area contributed by atoms with Crippen LogP contribution >= 0.6 is 0 Å². The molecule has 6 nitrogen and oxygen atoms in total. The van der Waals surface area contributed by atoms with Crippen LogP contribution in [0.5, 0.6) is 5.75 Å². The van der Waals surface area contributed by atoms with Crippen LogP contribution in [-0.2, 0) is 25.9 Å². The Morgan fingerprint density at radius 1 is 1.35 bits per heavy atom. The highest BCUT2D eigenvalue weighted by atomic mass is 16.5. The van der Waals surface area contributed by atoms with Crippen molar-refractivity contribution in [3.8, 4) is 5.75 Å². The zero-order valence-electron chi connectivity index (χ0n) is 15.3. The topological polar surface area (TPSA) is 74.0 Å². The summed E-state index contributed by atoms with van der Waals surface area (Å²) >= 11 is 0. The molecule has 1 aliphatic heterocycles. The molecule has 26 heavy (non-hydrogen) atoms. The van der Waals surface area contributed by atoms with Gasteiger partial charge in [0.15, 0.2) is 0 Å². The Labute approximate surface area is 152 Å². The molecular weight excluding hydrogens is 328 g/mol. The minimum absolute atomic E-state index is 0.0370. The number of nitrogens with zero attached hydrogens (tertiary/aromatic N) is 2. The first-order valence-electron chi connectivity index (χ1n) is 9.15. The molecule has 0 spiro atoms. The van der Waals surface area contributed by atoms with Crippen LogP contribution in [0.25, 0.3) is 10.9 Å². The molecule has 2 N–H and O–H groups in total. The van der Waals surface area contributed by atoms with E-state index in [1.54, 1.807) is 7.11 Å². The third-order valence-corrected chi connectivity index (χ3v) is 5.06. The number of aromatic amines is 2. The molecule has 0 unspecified atom stereocenters. The zero-order valence-corrected chi connectivity index (χ0v) is 15.3. The first-order chi connectivity index (χ1) is 12.7. The van der Waals surface area contributed by atoms with E-state index in [0.717, 1.165) is 60.7 Å². The SMILES string of the molecule is CCCc1nc2c(c(=O)[nH]1)CCN(Cc1c[nH]c3ccc(OC)cc13)C2. The van der Waals surface area contributed by atoms with E-state index in [4.69, 9.17) is 9.72 Å². The Hall–Kier alpha value is -2.60. The molecule has 0 saturated heterocycles. The van der Waals surface area contributed by atoms with Gasteiger partial charge in [0.2, 0.25) is 0 Å². The Morgan fingerprint density at radius 2 is 2.23 bits per heavy atom. The first-order valence-corrected chi connectivity index (χ1v) is 9.15. The van der Waals surface area contributed by atoms with Crippen molar-refractivity contribution in [2.45, 2.75) is 39.3 Å². The summed E-state index contributed by atoms with van der Waals surface area (Å²) < 4.78 is 5.36. The second-order valence-corrected chi connectivity index (χ2v) is 6.87. The van der Waals surface area contributed by atoms with Crippen LogP contribution in [0, 0.1) is 0 Å². The predicted molar refractivity (Wildman–Crippen MR) is 102 cm³/mol. The van der Waals surface area contributed by atoms with E-state index in [-0.39, 0.29) is 5.56 Å². The first kappa shape index (κ1) is 16.8. The van der Waals surface area contributed by atoms with Crippen molar-refractivity contribution in [2.24, 2.45) is 0 Å². The van der Waals surface area contributed by atoms with Gasteiger partial charge in [-0.3, -0.25) is 9.69 Å². The number of rotatable bonds is 5. The second kappa shape index (κ2) is 6.96. The lowest BCUT2D eigenvalue weighted by molar-refractivity contribution is 0.241. The van der Waals surface area contributed by atoms with Crippen LogP contribution in [0.1, 0.15) is 36.0 Å². The third-order valence-electron chi connectivity index (χ3n) is 5.06. The van der Waals surface area contributed by atoms with Gasteiger partial charge in [-0.15, -0.1) is 0 Å². The second-order valence-electron chi connectivity index (χ2n) is 6.87. The molecule has 2 aromatic heterocycles. The summed E-state index contributed by atoms with van der Waals surface area (Å²) in [5, 5.41) is 1.18. The normalized spacial score (nSPS) is 14.5. The van der Waals surface area contributed by atoms with Gasteiger partial charge in [0.05, 0.1) is 12.8 Å². The van der Waals surface area contributed by atoms with E-state index in [2.05, 4.69) is 34.1 Å². The van der Waals surface area contributed by atoms with E-state index in [9.17, 15) is 4.79 Å². The molecule has 0 aliphatic carbocycles. The van der Waals surface area contributed by atoms with E-state index in [1.807, 2.05) is 12.1 Å². The number of aromatic nitrogens is 3. The monoisotopic (exact) mass is 352 g/mol. The van der Waals surface area contributed by atoms with E-state index >= 15 is 0 Å². The van der Waals surface area contributed by atoms with Gasteiger partial charge in [-0.25, -0.2) is 4.98 Å². The van der Waals surface area contributed by atoms with Crippen molar-refractivity contribution in [3.63, 3.8) is 0 Å². The summed E-state index contributed by atoms with van der Waals surface area (Å²) in [6.07, 6.45) is 4.59. The minimum Gasteiger partial charge on any atom is -0.497 e. The van der Waals surface area contributed by atoms with Crippen LogP contribution in [0.15, 0.2) is 29.2 Å². The van der Waals surface area contributed by atoms with Crippen molar-refractivity contribution in [1.82, 2.24) is 19.9 Å². The zero-order chi connectivity index (χ0) is 18.1. The van der Waals surface area contributed by atoms with Crippen LogP contribution in [0.2, 0.25) is 0 Å². The van der Waals surface area contributed by atoms with Gasteiger partial charge in [-0.05, 0) is 36.6 Å². The molecular formula is C20H24N4O2. The molecule has 1 aromatic carbocycles. The molecule has 136 valence electrons. The van der Waals surface area contributed by atoms with E-state index < -0.39 is 0 Å². The Morgan fingerprint density at radius 3 is 3.04 bits per heavy atom. The highest BCUT2D eigenvalue weighted by molar-refractivity contribution is 5.84. The molecule has 0 bridgehead atoms. The summed E-state index contributed by atoms with van der Waals surface area (Å²) in [6, 6.07) is 6.08. The van der Waals surface area contributed by atoms with Crippen LogP contribution in [0.3, 0.4) is 0 Å². The van der Waals surface area contributed by atoms with Crippen molar-refractivity contribution < 1.29 is 4.74 Å². The molecule has 0 saturated carbocycles. The van der Waals surface area contributed by atoms with Crippen molar-refractivity contribution >= 4 is 10.9 Å². The fraction of sp³-hybridized carbons (Fsp3) is 0.400. The quantitative estimate of drug-likeness (QED) is 0.740. The number of aryl methyl sites for hydroxylation is 1. The fourth-order valence-electron chi connectivity index (χ4n) is 3.69. The maximum absolute atomic E-state index is 12.3. The molecule has 0 fully saturated rings. The number of methoxy groups -OCH3 is 1. The molecule has 0 radical (unpaired) electrons. The molecule has 1 aliphatic rings. The predicted octanol–water partition coefficient (Wildman–Crippen LogP) is 2.77. The lowest BCUT2D eigenvalue weighted by Gasteiger charge is -2.27. The minimum atomic E-state index is 0.0370.